The highest BCUT2D eigenvalue weighted by molar-refractivity contribution is 7.22. The molecular weight excluding hydrogens is 425 g/mol. The average Bonchev–Trinajstić information content (AvgIpc) is 3.29. The molecular formula is C21H19ClFN5OS. The molecule has 2 aromatic heterocycles. The van der Waals surface area contributed by atoms with Crippen molar-refractivity contribution in [2.45, 2.75) is 13.5 Å². The Morgan fingerprint density at radius 1 is 1.27 bits per heavy atom. The van der Waals surface area contributed by atoms with Crippen molar-refractivity contribution in [3.8, 4) is 5.69 Å². The number of hydrogen-bond acceptors (Lipinski definition) is 5. The van der Waals surface area contributed by atoms with Crippen LogP contribution in [-0.2, 0) is 11.3 Å². The molecule has 0 radical (unpaired) electrons. The van der Waals surface area contributed by atoms with Gasteiger partial charge in [0.25, 0.3) is 0 Å². The number of amides is 1. The van der Waals surface area contributed by atoms with Gasteiger partial charge in [0.05, 0.1) is 22.6 Å². The summed E-state index contributed by atoms with van der Waals surface area (Å²) < 4.78 is 15.9. The summed E-state index contributed by atoms with van der Waals surface area (Å²) in [6.07, 6.45) is 0. The second kappa shape index (κ2) is 8.41. The number of thiazole rings is 1. The van der Waals surface area contributed by atoms with Crippen LogP contribution in [0.15, 0.2) is 48.5 Å². The van der Waals surface area contributed by atoms with Crippen LogP contribution in [0.4, 0.5) is 9.52 Å². The average molecular weight is 444 g/mol. The van der Waals surface area contributed by atoms with E-state index in [1.807, 2.05) is 49.0 Å². The van der Waals surface area contributed by atoms with E-state index in [-0.39, 0.29) is 24.0 Å². The molecule has 0 fully saturated rings. The van der Waals surface area contributed by atoms with Crippen LogP contribution in [0.3, 0.4) is 0 Å². The molecule has 1 amide bonds. The lowest BCUT2D eigenvalue weighted by atomic mass is 10.2. The summed E-state index contributed by atoms with van der Waals surface area (Å²) in [6.45, 7) is 2.31. The molecule has 0 unspecified atom stereocenters. The number of fused-ring (bicyclic) bond motifs is 1. The summed E-state index contributed by atoms with van der Waals surface area (Å²) >= 11 is 7.51. The number of benzene rings is 2. The molecule has 9 heteroatoms. The van der Waals surface area contributed by atoms with Crippen molar-refractivity contribution in [2.24, 2.45) is 0 Å². The van der Waals surface area contributed by atoms with Crippen molar-refractivity contribution in [2.75, 3.05) is 18.5 Å². The van der Waals surface area contributed by atoms with Crippen molar-refractivity contribution >= 4 is 44.3 Å². The van der Waals surface area contributed by atoms with E-state index in [9.17, 15) is 9.18 Å². The lowest BCUT2D eigenvalue weighted by Crippen LogP contribution is -2.34. The van der Waals surface area contributed by atoms with Crippen LogP contribution in [0, 0.1) is 12.7 Å². The van der Waals surface area contributed by atoms with Crippen LogP contribution >= 0.6 is 22.9 Å². The number of halogens is 2. The second-order valence-corrected chi connectivity index (χ2v) is 8.24. The monoisotopic (exact) mass is 443 g/mol. The van der Waals surface area contributed by atoms with Gasteiger partial charge in [0.2, 0.25) is 5.91 Å². The highest BCUT2D eigenvalue weighted by Gasteiger charge is 2.18. The molecule has 0 spiro atoms. The topological polar surface area (TPSA) is 63.1 Å². The van der Waals surface area contributed by atoms with Gasteiger partial charge >= 0.3 is 0 Å². The number of hydrogen-bond donors (Lipinski definition) is 1. The fraction of sp³-hybridized carbons (Fsp3) is 0.190. The van der Waals surface area contributed by atoms with E-state index < -0.39 is 5.82 Å². The Balaban J connectivity index is 1.46. The summed E-state index contributed by atoms with van der Waals surface area (Å²) in [6, 6.07) is 13.9. The zero-order valence-electron chi connectivity index (χ0n) is 16.4. The molecule has 0 aliphatic carbocycles. The fourth-order valence-electron chi connectivity index (χ4n) is 3.03. The number of carbonyl (C=O) groups excluding carboxylic acids is 1. The number of carbonyl (C=O) groups is 1. The number of aryl methyl sites for hydroxylation is 1. The van der Waals surface area contributed by atoms with E-state index in [4.69, 9.17) is 16.6 Å². The SMILES string of the molecule is Cc1nn(-c2ccccc2)c2nc(N(C)CC(=O)NCc3ccc(F)cc3Cl)sc12. The van der Waals surface area contributed by atoms with Crippen molar-refractivity contribution in [3.63, 3.8) is 0 Å². The first-order valence-corrected chi connectivity index (χ1v) is 10.4. The van der Waals surface area contributed by atoms with E-state index >= 15 is 0 Å². The number of para-hydroxylation sites is 1. The van der Waals surface area contributed by atoms with E-state index in [1.54, 1.807) is 11.0 Å². The van der Waals surface area contributed by atoms with E-state index in [2.05, 4.69) is 10.4 Å². The Hall–Kier alpha value is -2.97. The van der Waals surface area contributed by atoms with Gasteiger partial charge in [0.1, 0.15) is 5.82 Å². The summed E-state index contributed by atoms with van der Waals surface area (Å²) in [5.74, 6) is -0.589. The Morgan fingerprint density at radius 3 is 2.77 bits per heavy atom. The van der Waals surface area contributed by atoms with Gasteiger partial charge in [-0.3, -0.25) is 4.79 Å². The number of nitrogens with zero attached hydrogens (tertiary/aromatic N) is 4. The maximum absolute atomic E-state index is 13.1. The van der Waals surface area contributed by atoms with Gasteiger partial charge in [-0.25, -0.2) is 9.07 Å². The molecule has 4 aromatic rings. The van der Waals surface area contributed by atoms with Crippen molar-refractivity contribution < 1.29 is 9.18 Å². The number of rotatable bonds is 6. The van der Waals surface area contributed by atoms with Gasteiger partial charge in [-0.1, -0.05) is 47.2 Å². The van der Waals surface area contributed by atoms with Crippen LogP contribution in [0.5, 0.6) is 0 Å². The number of aromatic nitrogens is 3. The van der Waals surface area contributed by atoms with Crippen LogP contribution in [0.1, 0.15) is 11.3 Å². The van der Waals surface area contributed by atoms with E-state index in [1.165, 1.54) is 23.5 Å². The largest absolute Gasteiger partial charge is 0.350 e. The van der Waals surface area contributed by atoms with Crippen LogP contribution < -0.4 is 10.2 Å². The third kappa shape index (κ3) is 4.15. The Labute approximate surface area is 181 Å². The molecule has 0 aliphatic heterocycles. The molecule has 154 valence electrons. The van der Waals surface area contributed by atoms with Crippen LogP contribution in [-0.4, -0.2) is 34.3 Å². The van der Waals surface area contributed by atoms with E-state index in [0.29, 0.717) is 5.56 Å². The summed E-state index contributed by atoms with van der Waals surface area (Å²) in [7, 11) is 1.82. The molecule has 0 aliphatic rings. The minimum absolute atomic E-state index is 0.132. The van der Waals surface area contributed by atoms with Gasteiger partial charge in [0.15, 0.2) is 10.8 Å². The van der Waals surface area contributed by atoms with Crippen molar-refractivity contribution in [1.82, 2.24) is 20.1 Å². The molecule has 2 heterocycles. The lowest BCUT2D eigenvalue weighted by Gasteiger charge is -2.15. The van der Waals surface area contributed by atoms with Gasteiger partial charge < -0.3 is 10.2 Å². The predicted octanol–water partition coefficient (Wildman–Crippen LogP) is 4.34. The Morgan fingerprint density at radius 2 is 2.03 bits per heavy atom. The second-order valence-electron chi connectivity index (χ2n) is 6.85. The molecule has 4 rings (SSSR count). The van der Waals surface area contributed by atoms with Gasteiger partial charge in [-0.2, -0.15) is 10.1 Å². The summed E-state index contributed by atoms with van der Waals surface area (Å²) in [4.78, 5) is 18.9. The van der Waals surface area contributed by atoms with Crippen molar-refractivity contribution in [1.29, 1.82) is 0 Å². The first kappa shape index (κ1) is 20.3. The molecule has 0 atom stereocenters. The van der Waals surface area contributed by atoms with Crippen LogP contribution in [0.2, 0.25) is 5.02 Å². The smallest absolute Gasteiger partial charge is 0.239 e. The first-order chi connectivity index (χ1) is 14.4. The third-order valence-corrected chi connectivity index (χ3v) is 6.20. The first-order valence-electron chi connectivity index (χ1n) is 9.25. The molecule has 1 N–H and O–H groups in total. The van der Waals surface area contributed by atoms with Gasteiger partial charge in [-0.05, 0) is 36.8 Å². The molecule has 6 nitrogen and oxygen atoms in total. The molecule has 30 heavy (non-hydrogen) atoms. The third-order valence-electron chi connectivity index (χ3n) is 4.58. The summed E-state index contributed by atoms with van der Waals surface area (Å²) in [5, 5.41) is 8.41. The zero-order chi connectivity index (χ0) is 21.3. The molecule has 2 aromatic carbocycles. The molecule has 0 saturated heterocycles. The summed E-state index contributed by atoms with van der Waals surface area (Å²) in [5.41, 5.74) is 3.25. The highest BCUT2D eigenvalue weighted by Crippen LogP contribution is 2.31. The zero-order valence-corrected chi connectivity index (χ0v) is 18.0. The quantitative estimate of drug-likeness (QED) is 0.481. The number of nitrogens with one attached hydrogen (secondary N) is 1. The maximum Gasteiger partial charge on any atom is 0.239 e. The van der Waals surface area contributed by atoms with Gasteiger partial charge in [0, 0.05) is 18.6 Å². The Kier molecular flexibility index (Phi) is 5.69. The fourth-order valence-corrected chi connectivity index (χ4v) is 4.21. The standard InChI is InChI=1S/C21H19ClFN5OS/c1-13-19-20(28(26-13)16-6-4-3-5-7-16)25-21(30-19)27(2)12-18(29)24-11-14-8-9-15(23)10-17(14)22/h3-10H,11-12H2,1-2H3,(H,24,29). The van der Waals surface area contributed by atoms with Crippen molar-refractivity contribution in [3.05, 3.63) is 70.6 Å². The highest BCUT2D eigenvalue weighted by atomic mass is 35.5. The van der Waals surface area contributed by atoms with E-state index in [0.717, 1.165) is 26.9 Å². The predicted molar refractivity (Wildman–Crippen MR) is 118 cm³/mol. The normalized spacial score (nSPS) is 11.1. The Bertz CT molecular complexity index is 1210. The molecule has 0 saturated carbocycles. The van der Waals surface area contributed by atoms with Gasteiger partial charge in [-0.15, -0.1) is 0 Å². The number of likely N-dealkylation sites (N-methyl/N-ethyl adjacent to an activating group) is 1. The maximum atomic E-state index is 13.1. The van der Waals surface area contributed by atoms with Crippen LogP contribution in [0.25, 0.3) is 16.0 Å². The number of anilines is 1. The molecule has 0 bridgehead atoms. The lowest BCUT2D eigenvalue weighted by molar-refractivity contribution is -0.119. The minimum atomic E-state index is -0.407. The minimum Gasteiger partial charge on any atom is -0.350 e.